The summed E-state index contributed by atoms with van der Waals surface area (Å²) in [5.74, 6) is 0. The third kappa shape index (κ3) is 1.14. The van der Waals surface area contributed by atoms with Crippen LogP contribution in [0.4, 0.5) is 11.4 Å². The van der Waals surface area contributed by atoms with Crippen LogP contribution in [0.1, 0.15) is 11.1 Å². The van der Waals surface area contributed by atoms with Crippen LogP contribution in [0.15, 0.2) is 12.1 Å². The minimum Gasteiger partial charge on any atom is -0.398 e. The highest BCUT2D eigenvalue weighted by atomic mass is 14.6. The molecule has 0 fully saturated rings. The van der Waals surface area contributed by atoms with Crippen LogP contribution in [-0.4, -0.2) is 0 Å². The Morgan fingerprint density at radius 1 is 0.917 bits per heavy atom. The van der Waals surface area contributed by atoms with Crippen LogP contribution in [0.3, 0.4) is 0 Å². The van der Waals surface area contributed by atoms with Gasteiger partial charge in [0.25, 0.3) is 0 Å². The Balaban J connectivity index is 3.42. The molecule has 0 saturated carbocycles. The van der Waals surface area contributed by atoms with E-state index in [9.17, 15) is 0 Å². The summed E-state index contributed by atoms with van der Waals surface area (Å²) in [5, 5.41) is 17.1. The van der Waals surface area contributed by atoms with Crippen LogP contribution in [-0.2, 0) is 0 Å². The molecule has 12 heavy (non-hydrogen) atoms. The van der Waals surface area contributed by atoms with E-state index in [0.717, 1.165) is 0 Å². The van der Waals surface area contributed by atoms with Crippen LogP contribution in [0.2, 0.25) is 0 Å². The van der Waals surface area contributed by atoms with E-state index in [4.69, 9.17) is 22.0 Å². The molecule has 0 amide bonds. The molecule has 1 aromatic carbocycles. The van der Waals surface area contributed by atoms with Crippen molar-refractivity contribution in [3.8, 4) is 12.1 Å². The van der Waals surface area contributed by atoms with Gasteiger partial charge in [0.05, 0.1) is 22.5 Å². The first-order chi connectivity index (χ1) is 5.69. The Bertz CT molecular complexity index is 359. The zero-order valence-corrected chi connectivity index (χ0v) is 6.20. The molecule has 4 nitrogen and oxygen atoms in total. The minimum absolute atomic E-state index is 0.278. The molecule has 0 bridgehead atoms. The number of benzene rings is 1. The highest BCUT2D eigenvalue weighted by Gasteiger charge is 2.03. The Hall–Kier alpha value is -2.20. The maximum absolute atomic E-state index is 8.55. The third-order valence-corrected chi connectivity index (χ3v) is 1.46. The lowest BCUT2D eigenvalue weighted by molar-refractivity contribution is 1.45. The number of nitrogens with two attached hydrogens (primary N) is 2. The lowest BCUT2D eigenvalue weighted by atomic mass is 10.1. The van der Waals surface area contributed by atoms with E-state index in [2.05, 4.69) is 0 Å². The zero-order valence-electron chi connectivity index (χ0n) is 6.20. The van der Waals surface area contributed by atoms with E-state index >= 15 is 0 Å². The topological polar surface area (TPSA) is 99.6 Å². The van der Waals surface area contributed by atoms with Gasteiger partial charge in [0.15, 0.2) is 0 Å². The fourth-order valence-electron chi connectivity index (χ4n) is 0.828. The van der Waals surface area contributed by atoms with Crippen LogP contribution < -0.4 is 11.5 Å². The van der Waals surface area contributed by atoms with E-state index in [1.165, 1.54) is 12.1 Å². The van der Waals surface area contributed by atoms with E-state index in [0.29, 0.717) is 11.4 Å². The smallest absolute Gasteiger partial charge is 0.101 e. The predicted octanol–water partition coefficient (Wildman–Crippen LogP) is 0.594. The lowest BCUT2D eigenvalue weighted by Crippen LogP contribution is -1.96. The SMILES string of the molecule is N#Cc1cc(C#N)c(N)cc1N. The first-order valence-electron chi connectivity index (χ1n) is 3.18. The van der Waals surface area contributed by atoms with Gasteiger partial charge >= 0.3 is 0 Å². The van der Waals surface area contributed by atoms with Crippen LogP contribution in [0.5, 0.6) is 0 Å². The summed E-state index contributed by atoms with van der Waals surface area (Å²) in [4.78, 5) is 0. The Morgan fingerprint density at radius 3 is 1.67 bits per heavy atom. The van der Waals surface area contributed by atoms with Crippen LogP contribution in [0.25, 0.3) is 0 Å². The van der Waals surface area contributed by atoms with Gasteiger partial charge in [-0.1, -0.05) is 0 Å². The number of nitriles is 2. The molecule has 4 N–H and O–H groups in total. The van der Waals surface area contributed by atoms with Gasteiger partial charge in [-0.2, -0.15) is 10.5 Å². The Labute approximate surface area is 69.6 Å². The number of hydrogen-bond donors (Lipinski definition) is 2. The number of anilines is 2. The molecule has 0 saturated heterocycles. The second-order valence-electron chi connectivity index (χ2n) is 2.25. The quantitative estimate of drug-likeness (QED) is 0.540. The van der Waals surface area contributed by atoms with Gasteiger partial charge in [-0.25, -0.2) is 0 Å². The van der Waals surface area contributed by atoms with Crippen molar-refractivity contribution in [2.45, 2.75) is 0 Å². The lowest BCUT2D eigenvalue weighted by Gasteiger charge is -2.00. The summed E-state index contributed by atoms with van der Waals surface area (Å²) in [5.41, 5.74) is 12.0. The van der Waals surface area contributed by atoms with Crippen molar-refractivity contribution >= 4 is 11.4 Å². The molecule has 0 aliphatic carbocycles. The molecule has 0 aromatic heterocycles. The zero-order chi connectivity index (χ0) is 9.14. The normalized spacial score (nSPS) is 8.50. The van der Waals surface area contributed by atoms with Crippen LogP contribution in [0, 0.1) is 22.7 Å². The molecule has 0 unspecified atom stereocenters. The second kappa shape index (κ2) is 2.81. The third-order valence-electron chi connectivity index (χ3n) is 1.46. The standard InChI is InChI=1S/C8H6N4/c9-3-5-1-6(4-10)8(12)2-7(5)11/h1-2H,11-12H2. The second-order valence-corrected chi connectivity index (χ2v) is 2.25. The maximum Gasteiger partial charge on any atom is 0.101 e. The molecule has 1 aromatic rings. The number of hydrogen-bond acceptors (Lipinski definition) is 4. The van der Waals surface area contributed by atoms with E-state index in [1.54, 1.807) is 0 Å². The molecule has 1 rings (SSSR count). The van der Waals surface area contributed by atoms with Crippen molar-refractivity contribution in [3.05, 3.63) is 23.3 Å². The van der Waals surface area contributed by atoms with Crippen LogP contribution >= 0.6 is 0 Å². The van der Waals surface area contributed by atoms with Crippen molar-refractivity contribution in [2.24, 2.45) is 0 Å². The van der Waals surface area contributed by atoms with Crippen molar-refractivity contribution in [2.75, 3.05) is 11.5 Å². The molecule has 0 heterocycles. The molecule has 58 valence electrons. The van der Waals surface area contributed by atoms with Crippen molar-refractivity contribution in [1.29, 1.82) is 10.5 Å². The Morgan fingerprint density at radius 2 is 1.33 bits per heavy atom. The summed E-state index contributed by atoms with van der Waals surface area (Å²) in [6.07, 6.45) is 0. The minimum atomic E-state index is 0.278. The molecule has 0 spiro atoms. The predicted molar refractivity (Wildman–Crippen MR) is 44.7 cm³/mol. The van der Waals surface area contributed by atoms with E-state index in [1.807, 2.05) is 12.1 Å². The van der Waals surface area contributed by atoms with Gasteiger partial charge in [-0.05, 0) is 12.1 Å². The molecular weight excluding hydrogens is 152 g/mol. The van der Waals surface area contributed by atoms with Gasteiger partial charge in [-0.3, -0.25) is 0 Å². The highest BCUT2D eigenvalue weighted by Crippen LogP contribution is 2.19. The van der Waals surface area contributed by atoms with Crippen molar-refractivity contribution < 1.29 is 0 Å². The first-order valence-corrected chi connectivity index (χ1v) is 3.18. The molecule has 0 aliphatic heterocycles. The summed E-state index contributed by atoms with van der Waals surface area (Å²) in [7, 11) is 0. The monoisotopic (exact) mass is 158 g/mol. The summed E-state index contributed by atoms with van der Waals surface area (Å²) in [6, 6.07) is 6.52. The van der Waals surface area contributed by atoms with E-state index < -0.39 is 0 Å². The van der Waals surface area contributed by atoms with Gasteiger partial charge in [-0.15, -0.1) is 0 Å². The van der Waals surface area contributed by atoms with Gasteiger partial charge in [0, 0.05) is 0 Å². The summed E-state index contributed by atoms with van der Waals surface area (Å²) >= 11 is 0. The summed E-state index contributed by atoms with van der Waals surface area (Å²) < 4.78 is 0. The molecule has 0 aliphatic rings. The molecule has 0 atom stereocenters. The number of nitrogen functional groups attached to an aromatic ring is 2. The molecule has 4 heteroatoms. The van der Waals surface area contributed by atoms with Gasteiger partial charge < -0.3 is 11.5 Å². The fraction of sp³-hybridized carbons (Fsp3) is 0. The number of nitrogens with zero attached hydrogens (tertiary/aromatic N) is 2. The van der Waals surface area contributed by atoms with Crippen molar-refractivity contribution in [1.82, 2.24) is 0 Å². The average Bonchev–Trinajstić information content (AvgIpc) is 2.05. The highest BCUT2D eigenvalue weighted by molar-refractivity contribution is 5.67. The van der Waals surface area contributed by atoms with Gasteiger partial charge in [0.1, 0.15) is 12.1 Å². The largest absolute Gasteiger partial charge is 0.398 e. The maximum atomic E-state index is 8.55. The van der Waals surface area contributed by atoms with E-state index in [-0.39, 0.29) is 11.1 Å². The Kier molecular flexibility index (Phi) is 1.85. The molecule has 0 radical (unpaired) electrons. The number of rotatable bonds is 0. The van der Waals surface area contributed by atoms with Gasteiger partial charge in [0.2, 0.25) is 0 Å². The average molecular weight is 158 g/mol. The summed E-state index contributed by atoms with van der Waals surface area (Å²) in [6.45, 7) is 0. The van der Waals surface area contributed by atoms with Crippen molar-refractivity contribution in [3.63, 3.8) is 0 Å². The molecular formula is C8H6N4. The fourth-order valence-corrected chi connectivity index (χ4v) is 0.828. The first kappa shape index (κ1) is 7.90.